The lowest BCUT2D eigenvalue weighted by atomic mass is 9.72. The minimum atomic E-state index is -2.21. The van der Waals surface area contributed by atoms with Gasteiger partial charge in [-0.1, -0.05) is 122 Å². The van der Waals surface area contributed by atoms with Gasteiger partial charge in [-0.3, -0.25) is 0 Å². The van der Waals surface area contributed by atoms with E-state index >= 15 is 0 Å². The van der Waals surface area contributed by atoms with Gasteiger partial charge in [-0.15, -0.1) is 0 Å². The first-order valence-corrected chi connectivity index (χ1v) is 17.8. The predicted octanol–water partition coefficient (Wildman–Crippen LogP) is 7.85. The maximum Gasteiger partial charge on any atom is 0.363 e. The van der Waals surface area contributed by atoms with Crippen LogP contribution in [0.25, 0.3) is 0 Å². The SMILES string of the molecule is O=C(OC(=O)C(OC(=O)C(O)(C1=CCCCC1)c1ccccc1)(c1ccccc1)C1CCCCC1)C(O)(C1=CCCCC1)c1ccccc1. The molecule has 1 saturated carbocycles. The van der Waals surface area contributed by atoms with Crippen molar-refractivity contribution in [1.29, 1.82) is 0 Å². The summed E-state index contributed by atoms with van der Waals surface area (Å²) < 4.78 is 12.3. The molecule has 3 unspecified atom stereocenters. The summed E-state index contributed by atoms with van der Waals surface area (Å²) in [6.07, 6.45) is 13.1. The summed E-state index contributed by atoms with van der Waals surface area (Å²) in [5.41, 5.74) is -4.48. The third kappa shape index (κ3) is 6.66. The van der Waals surface area contributed by atoms with Crippen molar-refractivity contribution < 1.29 is 34.1 Å². The Labute approximate surface area is 288 Å². The maximum atomic E-state index is 15.0. The lowest BCUT2D eigenvalue weighted by molar-refractivity contribution is -0.209. The molecule has 0 amide bonds. The third-order valence-electron chi connectivity index (χ3n) is 10.6. The Bertz CT molecular complexity index is 1680. The van der Waals surface area contributed by atoms with Crippen LogP contribution < -0.4 is 0 Å². The summed E-state index contributed by atoms with van der Waals surface area (Å²) in [7, 11) is 0. The lowest BCUT2D eigenvalue weighted by Gasteiger charge is -2.42. The second-order valence-corrected chi connectivity index (χ2v) is 13.6. The van der Waals surface area contributed by atoms with Crippen LogP contribution in [0.5, 0.6) is 0 Å². The average molecular weight is 663 g/mol. The summed E-state index contributed by atoms with van der Waals surface area (Å²) in [5.74, 6) is -3.77. The van der Waals surface area contributed by atoms with E-state index in [-0.39, 0.29) is 0 Å². The molecular formula is C42H46O7. The van der Waals surface area contributed by atoms with E-state index in [0.717, 1.165) is 44.9 Å². The molecule has 7 heteroatoms. The first-order chi connectivity index (χ1) is 23.8. The van der Waals surface area contributed by atoms with E-state index in [1.807, 2.05) is 12.2 Å². The monoisotopic (exact) mass is 662 g/mol. The van der Waals surface area contributed by atoms with Gasteiger partial charge in [0.25, 0.3) is 0 Å². The molecule has 0 saturated heterocycles. The Kier molecular flexibility index (Phi) is 10.6. The lowest BCUT2D eigenvalue weighted by Crippen LogP contribution is -2.54. The highest BCUT2D eigenvalue weighted by molar-refractivity contribution is 5.98. The van der Waals surface area contributed by atoms with Crippen molar-refractivity contribution in [2.75, 3.05) is 0 Å². The number of hydrogen-bond acceptors (Lipinski definition) is 7. The number of esters is 3. The number of benzene rings is 3. The molecule has 7 nitrogen and oxygen atoms in total. The van der Waals surface area contributed by atoms with Crippen molar-refractivity contribution in [3.8, 4) is 0 Å². The number of aliphatic hydroxyl groups is 2. The molecule has 0 radical (unpaired) electrons. The van der Waals surface area contributed by atoms with Crippen molar-refractivity contribution >= 4 is 17.9 Å². The molecule has 0 spiro atoms. The topological polar surface area (TPSA) is 110 Å². The van der Waals surface area contributed by atoms with Crippen LogP contribution in [-0.2, 0) is 40.7 Å². The van der Waals surface area contributed by atoms with Gasteiger partial charge >= 0.3 is 17.9 Å². The molecule has 3 aromatic rings. The fourth-order valence-corrected chi connectivity index (χ4v) is 7.91. The van der Waals surface area contributed by atoms with Crippen LogP contribution in [0.3, 0.4) is 0 Å². The quantitative estimate of drug-likeness (QED) is 0.129. The van der Waals surface area contributed by atoms with Gasteiger partial charge in [0.05, 0.1) is 0 Å². The van der Waals surface area contributed by atoms with Crippen LogP contribution in [0, 0.1) is 5.92 Å². The predicted molar refractivity (Wildman–Crippen MR) is 186 cm³/mol. The van der Waals surface area contributed by atoms with Crippen molar-refractivity contribution in [2.24, 2.45) is 5.92 Å². The van der Waals surface area contributed by atoms with E-state index in [0.29, 0.717) is 66.4 Å². The van der Waals surface area contributed by atoms with Gasteiger partial charge in [-0.25, -0.2) is 14.4 Å². The van der Waals surface area contributed by atoms with Crippen LogP contribution in [0.4, 0.5) is 0 Å². The molecule has 0 aromatic heterocycles. The van der Waals surface area contributed by atoms with Crippen molar-refractivity contribution in [1.82, 2.24) is 0 Å². The van der Waals surface area contributed by atoms with Crippen molar-refractivity contribution in [3.63, 3.8) is 0 Å². The fourth-order valence-electron chi connectivity index (χ4n) is 7.91. The summed E-state index contributed by atoms with van der Waals surface area (Å²) in [4.78, 5) is 44.1. The number of carbonyl (C=O) groups is 3. The highest BCUT2D eigenvalue weighted by atomic mass is 16.6. The fraction of sp³-hybridized carbons (Fsp3) is 0.405. The minimum Gasteiger partial charge on any atom is -0.439 e. The highest BCUT2D eigenvalue weighted by Crippen LogP contribution is 2.47. The molecule has 3 aliphatic rings. The van der Waals surface area contributed by atoms with E-state index in [4.69, 9.17) is 9.47 Å². The van der Waals surface area contributed by atoms with Gasteiger partial charge in [-0.2, -0.15) is 0 Å². The molecule has 256 valence electrons. The smallest absolute Gasteiger partial charge is 0.363 e. The molecule has 1 fully saturated rings. The van der Waals surface area contributed by atoms with Gasteiger partial charge < -0.3 is 19.7 Å². The van der Waals surface area contributed by atoms with Crippen LogP contribution in [0.2, 0.25) is 0 Å². The zero-order chi connectivity index (χ0) is 34.3. The molecule has 3 aromatic carbocycles. The van der Waals surface area contributed by atoms with Gasteiger partial charge in [0.1, 0.15) is 0 Å². The number of rotatable bonds is 10. The third-order valence-corrected chi connectivity index (χ3v) is 10.6. The van der Waals surface area contributed by atoms with Gasteiger partial charge in [0.2, 0.25) is 16.8 Å². The molecule has 3 aliphatic carbocycles. The zero-order valence-corrected chi connectivity index (χ0v) is 28.0. The van der Waals surface area contributed by atoms with Crippen LogP contribution in [-0.4, -0.2) is 28.1 Å². The summed E-state index contributed by atoms with van der Waals surface area (Å²) in [5, 5.41) is 24.7. The van der Waals surface area contributed by atoms with E-state index in [2.05, 4.69) is 0 Å². The Hall–Kier alpha value is -4.33. The summed E-state index contributed by atoms with van der Waals surface area (Å²) in [6, 6.07) is 25.9. The van der Waals surface area contributed by atoms with E-state index in [1.54, 1.807) is 91.0 Å². The first kappa shape index (κ1) is 34.5. The van der Waals surface area contributed by atoms with Gasteiger partial charge in [0, 0.05) is 11.5 Å². The number of carbonyl (C=O) groups excluding carboxylic acids is 3. The Morgan fingerprint density at radius 1 is 0.531 bits per heavy atom. The van der Waals surface area contributed by atoms with Crippen LogP contribution in [0.15, 0.2) is 114 Å². The molecule has 6 rings (SSSR count). The molecule has 0 bridgehead atoms. The Morgan fingerprint density at radius 3 is 1.43 bits per heavy atom. The van der Waals surface area contributed by atoms with E-state index in [1.165, 1.54) is 0 Å². The van der Waals surface area contributed by atoms with Crippen molar-refractivity contribution in [3.05, 3.63) is 131 Å². The zero-order valence-electron chi connectivity index (χ0n) is 28.0. The second kappa shape index (κ2) is 15.1. The molecule has 2 N–H and O–H groups in total. The van der Waals surface area contributed by atoms with Gasteiger partial charge in [0.15, 0.2) is 0 Å². The highest BCUT2D eigenvalue weighted by Gasteiger charge is 2.58. The Balaban J connectivity index is 1.47. The molecule has 0 aliphatic heterocycles. The minimum absolute atomic E-state index is 0.295. The van der Waals surface area contributed by atoms with Gasteiger partial charge in [-0.05, 0) is 86.5 Å². The molecule has 3 atom stereocenters. The normalized spacial score (nSPS) is 20.7. The first-order valence-electron chi connectivity index (χ1n) is 17.8. The van der Waals surface area contributed by atoms with Crippen LogP contribution >= 0.6 is 0 Å². The van der Waals surface area contributed by atoms with E-state index in [9.17, 15) is 24.6 Å². The molecule has 49 heavy (non-hydrogen) atoms. The van der Waals surface area contributed by atoms with Crippen molar-refractivity contribution in [2.45, 2.75) is 100 Å². The molecular weight excluding hydrogens is 616 g/mol. The average Bonchev–Trinajstić information content (AvgIpc) is 3.18. The number of ether oxygens (including phenoxy) is 2. The Morgan fingerprint density at radius 2 is 0.980 bits per heavy atom. The maximum absolute atomic E-state index is 15.0. The molecule has 0 heterocycles. The van der Waals surface area contributed by atoms with Crippen LogP contribution in [0.1, 0.15) is 100 Å². The number of allylic oxidation sites excluding steroid dienone is 2. The van der Waals surface area contributed by atoms with E-state index < -0.39 is 40.6 Å². The standard InChI is InChI=1S/C42H46O7/c43-37(40(46,31-19-7-1-8-20-31)32-21-9-2-10-22-32)48-39(45)42(35-27-15-5-16-28-35,36-29-17-6-18-30-36)49-38(44)41(47,33-23-11-3-12-24-33)34-25-13-4-14-26-34/h1,3,5,7-8,11-12,15-16,19-21,23-25,27-28,36,46-47H,2,4,6,9-10,13-14,17-18,22,26,29-30H2. The largest absolute Gasteiger partial charge is 0.439 e. The summed E-state index contributed by atoms with van der Waals surface area (Å²) in [6.45, 7) is 0. The second-order valence-electron chi connectivity index (χ2n) is 13.6. The number of hydrogen-bond donors (Lipinski definition) is 2. The summed E-state index contributed by atoms with van der Waals surface area (Å²) >= 11 is 0.